The lowest BCUT2D eigenvalue weighted by atomic mass is 10.1. The van der Waals surface area contributed by atoms with Gasteiger partial charge in [-0.2, -0.15) is 0 Å². The number of hydrogen-bond donors (Lipinski definition) is 1. The maximum absolute atomic E-state index is 12.6. The fraction of sp³-hybridized carbons (Fsp3) is 0.318. The number of methoxy groups -OCH3 is 1. The Hall–Kier alpha value is -2.59. The van der Waals surface area contributed by atoms with Crippen LogP contribution in [-0.4, -0.2) is 31.0 Å². The first-order valence-corrected chi connectivity index (χ1v) is 8.76. The van der Waals surface area contributed by atoms with Crippen LogP contribution in [0.5, 0.6) is 5.75 Å². The monoisotopic (exact) mass is 352 g/mol. The molecule has 0 unspecified atom stereocenters. The maximum Gasteiger partial charge on any atom is 0.238 e. The van der Waals surface area contributed by atoms with Gasteiger partial charge in [-0.05, 0) is 49.6 Å². The van der Waals surface area contributed by atoms with E-state index in [1.165, 1.54) is 5.56 Å². The molecular weight excluding hydrogens is 324 g/mol. The van der Waals surface area contributed by atoms with Crippen molar-refractivity contribution in [3.63, 3.8) is 0 Å². The minimum Gasteiger partial charge on any atom is -0.497 e. The smallest absolute Gasteiger partial charge is 0.238 e. The standard InChI is InChI=1S/C22H28N2O2/c1-6-11-24(14-19-7-9-20(26-5)10-8-19)15-21(25)23-22-17(3)12-16(2)13-18(22)4/h6-10,12-13H,1,11,14-15H2,2-5H3,(H,23,25). The zero-order chi connectivity index (χ0) is 19.1. The molecule has 0 aliphatic carbocycles. The van der Waals surface area contributed by atoms with Gasteiger partial charge in [0, 0.05) is 18.8 Å². The van der Waals surface area contributed by atoms with Crippen molar-refractivity contribution >= 4 is 11.6 Å². The summed E-state index contributed by atoms with van der Waals surface area (Å²) in [5.41, 5.74) is 5.40. The van der Waals surface area contributed by atoms with Crippen molar-refractivity contribution < 1.29 is 9.53 Å². The van der Waals surface area contributed by atoms with Crippen molar-refractivity contribution in [3.8, 4) is 5.75 Å². The highest BCUT2D eigenvalue weighted by molar-refractivity contribution is 5.93. The fourth-order valence-electron chi connectivity index (χ4n) is 3.12. The van der Waals surface area contributed by atoms with E-state index in [-0.39, 0.29) is 5.91 Å². The molecule has 1 N–H and O–H groups in total. The molecule has 0 spiro atoms. The van der Waals surface area contributed by atoms with Crippen molar-refractivity contribution in [2.24, 2.45) is 0 Å². The average molecular weight is 352 g/mol. The molecule has 2 aromatic rings. The molecule has 1 amide bonds. The molecular formula is C22H28N2O2. The van der Waals surface area contributed by atoms with Gasteiger partial charge in [-0.25, -0.2) is 0 Å². The van der Waals surface area contributed by atoms with Crippen LogP contribution in [0.15, 0.2) is 49.1 Å². The van der Waals surface area contributed by atoms with Gasteiger partial charge in [-0.1, -0.05) is 35.9 Å². The summed E-state index contributed by atoms with van der Waals surface area (Å²) >= 11 is 0. The van der Waals surface area contributed by atoms with E-state index in [4.69, 9.17) is 4.74 Å². The van der Waals surface area contributed by atoms with E-state index in [2.05, 4.69) is 35.9 Å². The van der Waals surface area contributed by atoms with Crippen LogP contribution in [0.25, 0.3) is 0 Å². The van der Waals surface area contributed by atoms with Crippen LogP contribution in [0.1, 0.15) is 22.3 Å². The maximum atomic E-state index is 12.6. The van der Waals surface area contributed by atoms with Crippen LogP contribution in [0.2, 0.25) is 0 Å². The number of carbonyl (C=O) groups excluding carboxylic acids is 1. The number of hydrogen-bond acceptors (Lipinski definition) is 3. The Morgan fingerprint density at radius 1 is 1.15 bits per heavy atom. The van der Waals surface area contributed by atoms with Gasteiger partial charge in [0.2, 0.25) is 5.91 Å². The quantitative estimate of drug-likeness (QED) is 0.722. The molecule has 0 heterocycles. The molecule has 2 aromatic carbocycles. The van der Waals surface area contributed by atoms with Gasteiger partial charge >= 0.3 is 0 Å². The third-order valence-electron chi connectivity index (χ3n) is 4.26. The van der Waals surface area contributed by atoms with E-state index in [9.17, 15) is 4.79 Å². The average Bonchev–Trinajstić information content (AvgIpc) is 2.59. The highest BCUT2D eigenvalue weighted by Gasteiger charge is 2.13. The first-order valence-electron chi connectivity index (χ1n) is 8.76. The van der Waals surface area contributed by atoms with E-state index >= 15 is 0 Å². The number of ether oxygens (including phenoxy) is 1. The second-order valence-electron chi connectivity index (χ2n) is 6.63. The second-order valence-corrected chi connectivity index (χ2v) is 6.63. The molecule has 0 aromatic heterocycles. The van der Waals surface area contributed by atoms with Crippen LogP contribution in [0, 0.1) is 20.8 Å². The van der Waals surface area contributed by atoms with E-state index in [0.717, 1.165) is 28.1 Å². The molecule has 0 atom stereocenters. The lowest BCUT2D eigenvalue weighted by molar-refractivity contribution is -0.117. The minimum atomic E-state index is -0.0181. The van der Waals surface area contributed by atoms with Gasteiger partial charge < -0.3 is 10.1 Å². The number of benzene rings is 2. The molecule has 0 fully saturated rings. The van der Waals surface area contributed by atoms with Crippen molar-refractivity contribution in [1.82, 2.24) is 4.90 Å². The van der Waals surface area contributed by atoms with Gasteiger partial charge in [-0.15, -0.1) is 6.58 Å². The van der Waals surface area contributed by atoms with Crippen molar-refractivity contribution in [1.29, 1.82) is 0 Å². The second kappa shape index (κ2) is 9.20. The van der Waals surface area contributed by atoms with E-state index < -0.39 is 0 Å². The lowest BCUT2D eigenvalue weighted by Crippen LogP contribution is -2.33. The van der Waals surface area contributed by atoms with Gasteiger partial charge in [-0.3, -0.25) is 9.69 Å². The lowest BCUT2D eigenvalue weighted by Gasteiger charge is -2.21. The Morgan fingerprint density at radius 3 is 2.31 bits per heavy atom. The number of anilines is 1. The molecule has 0 radical (unpaired) electrons. The van der Waals surface area contributed by atoms with Crippen molar-refractivity contribution in [2.75, 3.05) is 25.5 Å². The molecule has 4 heteroatoms. The Morgan fingerprint density at radius 2 is 1.77 bits per heavy atom. The molecule has 4 nitrogen and oxygen atoms in total. The van der Waals surface area contributed by atoms with Crippen molar-refractivity contribution in [3.05, 3.63) is 71.3 Å². The number of rotatable bonds is 8. The molecule has 2 rings (SSSR count). The largest absolute Gasteiger partial charge is 0.497 e. The van der Waals surface area contributed by atoms with Gasteiger partial charge in [0.25, 0.3) is 0 Å². The van der Waals surface area contributed by atoms with Crippen LogP contribution in [0.4, 0.5) is 5.69 Å². The molecule has 26 heavy (non-hydrogen) atoms. The Labute approximate surface area is 156 Å². The van der Waals surface area contributed by atoms with Crippen LogP contribution in [0.3, 0.4) is 0 Å². The number of carbonyl (C=O) groups is 1. The molecule has 0 aliphatic rings. The number of nitrogens with zero attached hydrogens (tertiary/aromatic N) is 1. The molecule has 0 saturated carbocycles. The molecule has 0 bridgehead atoms. The minimum absolute atomic E-state index is 0.0181. The number of nitrogens with one attached hydrogen (secondary N) is 1. The molecule has 138 valence electrons. The van der Waals surface area contributed by atoms with Gasteiger partial charge in [0.05, 0.1) is 13.7 Å². The summed E-state index contributed by atoms with van der Waals surface area (Å²) in [5, 5.41) is 3.06. The normalized spacial score (nSPS) is 10.7. The van der Waals surface area contributed by atoms with E-state index in [1.54, 1.807) is 7.11 Å². The molecule has 0 saturated heterocycles. The molecule has 0 aliphatic heterocycles. The number of aryl methyl sites for hydroxylation is 3. The number of amides is 1. The highest BCUT2D eigenvalue weighted by atomic mass is 16.5. The Bertz CT molecular complexity index is 743. The first-order chi connectivity index (χ1) is 12.4. The summed E-state index contributed by atoms with van der Waals surface area (Å²) in [5.74, 6) is 0.808. The Balaban J connectivity index is 2.04. The topological polar surface area (TPSA) is 41.6 Å². The van der Waals surface area contributed by atoms with E-state index in [1.807, 2.05) is 44.2 Å². The summed E-state index contributed by atoms with van der Waals surface area (Å²) in [7, 11) is 1.65. The Kier molecular flexibility index (Phi) is 6.98. The van der Waals surface area contributed by atoms with Crippen LogP contribution >= 0.6 is 0 Å². The first kappa shape index (κ1) is 19.7. The summed E-state index contributed by atoms with van der Waals surface area (Å²) < 4.78 is 5.19. The fourth-order valence-corrected chi connectivity index (χ4v) is 3.12. The highest BCUT2D eigenvalue weighted by Crippen LogP contribution is 2.22. The predicted octanol–water partition coefficient (Wildman–Crippen LogP) is 4.25. The SMILES string of the molecule is C=CCN(CC(=O)Nc1c(C)cc(C)cc1C)Cc1ccc(OC)cc1. The van der Waals surface area contributed by atoms with Crippen LogP contribution in [-0.2, 0) is 11.3 Å². The van der Waals surface area contributed by atoms with Crippen molar-refractivity contribution in [2.45, 2.75) is 27.3 Å². The summed E-state index contributed by atoms with van der Waals surface area (Å²) in [6.07, 6.45) is 1.82. The van der Waals surface area contributed by atoms with Gasteiger partial charge in [0.1, 0.15) is 5.75 Å². The third kappa shape index (κ3) is 5.46. The summed E-state index contributed by atoms with van der Waals surface area (Å²) in [6, 6.07) is 12.1. The van der Waals surface area contributed by atoms with Crippen LogP contribution < -0.4 is 10.1 Å². The zero-order valence-corrected chi connectivity index (χ0v) is 16.1. The summed E-state index contributed by atoms with van der Waals surface area (Å²) in [6.45, 7) is 11.5. The predicted molar refractivity (Wildman–Crippen MR) is 108 cm³/mol. The third-order valence-corrected chi connectivity index (χ3v) is 4.26. The summed E-state index contributed by atoms with van der Waals surface area (Å²) in [4.78, 5) is 14.6. The van der Waals surface area contributed by atoms with E-state index in [0.29, 0.717) is 19.6 Å². The van der Waals surface area contributed by atoms with Gasteiger partial charge in [0.15, 0.2) is 0 Å². The zero-order valence-electron chi connectivity index (χ0n) is 16.1.